The Labute approximate surface area is 186 Å². The van der Waals surface area contributed by atoms with Gasteiger partial charge in [-0.25, -0.2) is 0 Å². The quantitative estimate of drug-likeness (QED) is 0.712. The zero-order valence-corrected chi connectivity index (χ0v) is 19.4. The van der Waals surface area contributed by atoms with Crippen LogP contribution in [0.5, 0.6) is 0 Å². The molecule has 1 N–H and O–H groups in total. The molecular weight excluding hydrogens is 386 g/mol. The zero-order chi connectivity index (χ0) is 22.4. The standard InChI is InChI=1S/C26H35N3O2/c1-20-10-8-11-21(2)26(20)27-24(30)18-29(19-25(31)28(3)4)16-9-14-23(15-17-29)22-12-6-5-7-13-22/h5-8,10-13,23H,9,14-19H2,1-4H3/p+1. The molecule has 5 heteroatoms. The number of carbonyl (C=O) groups is 2. The Bertz CT molecular complexity index is 890. The molecule has 0 bridgehead atoms. The minimum Gasteiger partial charge on any atom is -0.344 e. The Balaban J connectivity index is 1.78. The maximum atomic E-state index is 13.2. The Morgan fingerprint density at radius 2 is 1.61 bits per heavy atom. The van der Waals surface area contributed by atoms with E-state index < -0.39 is 0 Å². The Hall–Kier alpha value is -2.66. The van der Waals surface area contributed by atoms with Crippen LogP contribution in [0.3, 0.4) is 0 Å². The van der Waals surface area contributed by atoms with Crippen molar-refractivity contribution in [3.8, 4) is 0 Å². The normalized spacial score (nSPS) is 21.2. The number of likely N-dealkylation sites (N-methyl/N-ethyl adjacent to an activating group) is 1. The van der Waals surface area contributed by atoms with E-state index >= 15 is 0 Å². The third kappa shape index (κ3) is 5.95. The average Bonchev–Trinajstić information content (AvgIpc) is 2.94. The number of hydrogen-bond acceptors (Lipinski definition) is 2. The van der Waals surface area contributed by atoms with Crippen LogP contribution in [-0.4, -0.2) is 61.5 Å². The molecule has 0 spiro atoms. The van der Waals surface area contributed by atoms with Crippen LogP contribution in [0.2, 0.25) is 0 Å². The van der Waals surface area contributed by atoms with Crippen molar-refractivity contribution in [2.24, 2.45) is 0 Å². The number of aryl methyl sites for hydroxylation is 2. The fourth-order valence-corrected chi connectivity index (χ4v) is 4.71. The van der Waals surface area contributed by atoms with Gasteiger partial charge in [0.15, 0.2) is 13.1 Å². The van der Waals surface area contributed by atoms with Gasteiger partial charge in [-0.1, -0.05) is 48.5 Å². The van der Waals surface area contributed by atoms with E-state index in [-0.39, 0.29) is 11.8 Å². The van der Waals surface area contributed by atoms with Crippen LogP contribution in [0.4, 0.5) is 5.69 Å². The number of likely N-dealkylation sites (tertiary alicyclic amines) is 1. The highest BCUT2D eigenvalue weighted by Gasteiger charge is 2.36. The second-order valence-corrected chi connectivity index (χ2v) is 9.25. The molecule has 1 fully saturated rings. The highest BCUT2D eigenvalue weighted by atomic mass is 16.2. The summed E-state index contributed by atoms with van der Waals surface area (Å²) in [6, 6.07) is 16.7. The van der Waals surface area contributed by atoms with E-state index in [1.54, 1.807) is 19.0 Å². The van der Waals surface area contributed by atoms with E-state index in [0.29, 0.717) is 23.5 Å². The van der Waals surface area contributed by atoms with Gasteiger partial charge in [0.1, 0.15) is 0 Å². The number of rotatable bonds is 6. The summed E-state index contributed by atoms with van der Waals surface area (Å²) in [6.45, 7) is 6.41. The number of amides is 2. The Morgan fingerprint density at radius 1 is 0.935 bits per heavy atom. The highest BCUT2D eigenvalue weighted by molar-refractivity contribution is 5.93. The summed E-state index contributed by atoms with van der Waals surface area (Å²) >= 11 is 0. The smallest absolute Gasteiger partial charge is 0.279 e. The van der Waals surface area contributed by atoms with Crippen LogP contribution >= 0.6 is 0 Å². The maximum Gasteiger partial charge on any atom is 0.279 e. The van der Waals surface area contributed by atoms with Gasteiger partial charge in [0.2, 0.25) is 0 Å². The number of benzene rings is 2. The Kier molecular flexibility index (Phi) is 7.50. The SMILES string of the molecule is Cc1cccc(C)c1NC(=O)C[N+]1(CC(=O)N(C)C)CCCC(c2ccccc2)CC1. The van der Waals surface area contributed by atoms with E-state index in [2.05, 4.69) is 29.6 Å². The molecule has 1 saturated heterocycles. The topological polar surface area (TPSA) is 49.4 Å². The fraction of sp³-hybridized carbons (Fsp3) is 0.462. The van der Waals surface area contributed by atoms with Gasteiger partial charge in [0.25, 0.3) is 11.8 Å². The molecule has 2 unspecified atom stereocenters. The van der Waals surface area contributed by atoms with Gasteiger partial charge in [0.05, 0.1) is 13.1 Å². The first-order chi connectivity index (χ1) is 14.8. The Morgan fingerprint density at radius 3 is 2.26 bits per heavy atom. The van der Waals surface area contributed by atoms with Crippen molar-refractivity contribution in [1.82, 2.24) is 4.90 Å². The third-order valence-corrected chi connectivity index (χ3v) is 6.60. The molecule has 0 saturated carbocycles. The van der Waals surface area contributed by atoms with E-state index in [1.807, 2.05) is 38.1 Å². The van der Waals surface area contributed by atoms with Gasteiger partial charge in [-0.2, -0.15) is 0 Å². The summed E-state index contributed by atoms with van der Waals surface area (Å²) in [6.07, 6.45) is 3.09. The van der Waals surface area contributed by atoms with E-state index in [4.69, 9.17) is 0 Å². The van der Waals surface area contributed by atoms with Crippen molar-refractivity contribution in [2.75, 3.05) is 45.6 Å². The van der Waals surface area contributed by atoms with Crippen LogP contribution in [0.25, 0.3) is 0 Å². The lowest BCUT2D eigenvalue weighted by Crippen LogP contribution is -2.57. The third-order valence-electron chi connectivity index (χ3n) is 6.60. The summed E-state index contributed by atoms with van der Waals surface area (Å²) in [7, 11) is 3.58. The van der Waals surface area contributed by atoms with Crippen LogP contribution in [0.15, 0.2) is 48.5 Å². The highest BCUT2D eigenvalue weighted by Crippen LogP contribution is 2.31. The van der Waals surface area contributed by atoms with Crippen molar-refractivity contribution in [3.63, 3.8) is 0 Å². The number of nitrogens with zero attached hydrogens (tertiary/aromatic N) is 2. The van der Waals surface area contributed by atoms with Crippen LogP contribution in [0.1, 0.15) is 41.9 Å². The summed E-state index contributed by atoms with van der Waals surface area (Å²) in [5, 5.41) is 3.14. The van der Waals surface area contributed by atoms with Gasteiger partial charge in [0, 0.05) is 26.2 Å². The first kappa shape index (κ1) is 23.0. The molecule has 5 nitrogen and oxygen atoms in total. The van der Waals surface area contributed by atoms with Crippen molar-refractivity contribution in [2.45, 2.75) is 39.0 Å². The van der Waals surface area contributed by atoms with Crippen LogP contribution < -0.4 is 5.32 Å². The van der Waals surface area contributed by atoms with Gasteiger partial charge in [-0.3, -0.25) is 9.59 Å². The lowest BCUT2D eigenvalue weighted by Gasteiger charge is -2.37. The van der Waals surface area contributed by atoms with E-state index in [0.717, 1.165) is 49.2 Å². The number of nitrogens with one attached hydrogen (secondary N) is 1. The fourth-order valence-electron chi connectivity index (χ4n) is 4.71. The molecule has 2 amide bonds. The molecule has 0 aromatic heterocycles. The molecule has 0 radical (unpaired) electrons. The molecule has 1 aliphatic rings. The van der Waals surface area contributed by atoms with Gasteiger partial charge in [-0.15, -0.1) is 0 Å². The lowest BCUT2D eigenvalue weighted by atomic mass is 9.92. The molecule has 166 valence electrons. The number of carbonyl (C=O) groups excluding carboxylic acids is 2. The van der Waals surface area contributed by atoms with Gasteiger partial charge >= 0.3 is 0 Å². The number of anilines is 1. The largest absolute Gasteiger partial charge is 0.344 e. The van der Waals surface area contributed by atoms with Crippen molar-refractivity contribution >= 4 is 17.5 Å². The van der Waals surface area contributed by atoms with Gasteiger partial charge in [-0.05, 0) is 49.3 Å². The van der Waals surface area contributed by atoms with Crippen molar-refractivity contribution in [3.05, 3.63) is 65.2 Å². The second kappa shape index (κ2) is 10.1. The van der Waals surface area contributed by atoms with Crippen LogP contribution in [0, 0.1) is 13.8 Å². The molecule has 31 heavy (non-hydrogen) atoms. The van der Waals surface area contributed by atoms with Crippen molar-refractivity contribution < 1.29 is 14.1 Å². The molecule has 2 aromatic rings. The lowest BCUT2D eigenvalue weighted by molar-refractivity contribution is -0.912. The van der Waals surface area contributed by atoms with Crippen molar-refractivity contribution in [1.29, 1.82) is 0 Å². The van der Waals surface area contributed by atoms with Gasteiger partial charge < -0.3 is 14.7 Å². The molecular formula is C26H36N3O2+. The summed E-state index contributed by atoms with van der Waals surface area (Å²) < 4.78 is 0.525. The maximum absolute atomic E-state index is 13.2. The van der Waals surface area contributed by atoms with Crippen LogP contribution in [-0.2, 0) is 9.59 Å². The number of hydrogen-bond donors (Lipinski definition) is 1. The predicted molar refractivity (Wildman–Crippen MR) is 126 cm³/mol. The summed E-state index contributed by atoms with van der Waals surface area (Å²) in [4.78, 5) is 27.5. The molecule has 2 aromatic carbocycles. The summed E-state index contributed by atoms with van der Waals surface area (Å²) in [5.41, 5.74) is 4.37. The first-order valence-corrected chi connectivity index (χ1v) is 11.3. The zero-order valence-electron chi connectivity index (χ0n) is 19.4. The first-order valence-electron chi connectivity index (χ1n) is 11.3. The minimum atomic E-state index is -0.0119. The summed E-state index contributed by atoms with van der Waals surface area (Å²) in [5.74, 6) is 0.553. The molecule has 2 atom stereocenters. The number of para-hydroxylation sites is 1. The minimum absolute atomic E-state index is 0.0119. The molecule has 3 rings (SSSR count). The molecule has 0 aliphatic carbocycles. The average molecular weight is 423 g/mol. The molecule has 1 heterocycles. The van der Waals surface area contributed by atoms with E-state index in [9.17, 15) is 9.59 Å². The van der Waals surface area contributed by atoms with E-state index in [1.165, 1.54) is 5.56 Å². The second-order valence-electron chi connectivity index (χ2n) is 9.25. The molecule has 1 aliphatic heterocycles. The monoisotopic (exact) mass is 422 g/mol. The number of quaternary nitrogens is 1. The predicted octanol–water partition coefficient (Wildman–Crippen LogP) is 4.11.